The molecule has 1 saturated heterocycles. The van der Waals surface area contributed by atoms with E-state index in [2.05, 4.69) is 20.8 Å². The average Bonchev–Trinajstić information content (AvgIpc) is 2.67. The largest absolute Gasteiger partial charge is 0.351 e. The molecule has 0 bridgehead atoms. The van der Waals surface area contributed by atoms with E-state index in [0.717, 1.165) is 53.3 Å². The van der Waals surface area contributed by atoms with Crippen LogP contribution in [-0.4, -0.2) is 23.0 Å². The SMILES string of the molecule is O=[N+]([O-])c1c(N2CCCCC2)nc2ccc(Br)cc2c1-c1ccccc1. The third kappa shape index (κ3) is 3.05. The first-order valence-corrected chi connectivity index (χ1v) is 9.52. The number of benzene rings is 2. The number of fused-ring (bicyclic) bond motifs is 1. The molecule has 3 aromatic rings. The summed E-state index contributed by atoms with van der Waals surface area (Å²) in [6, 6.07) is 15.3. The zero-order valence-corrected chi connectivity index (χ0v) is 15.8. The van der Waals surface area contributed by atoms with E-state index < -0.39 is 0 Å². The van der Waals surface area contributed by atoms with Crippen molar-refractivity contribution in [2.24, 2.45) is 0 Å². The van der Waals surface area contributed by atoms with Gasteiger partial charge in [0.2, 0.25) is 5.82 Å². The van der Waals surface area contributed by atoms with Crippen molar-refractivity contribution in [3.05, 3.63) is 63.1 Å². The van der Waals surface area contributed by atoms with Gasteiger partial charge in [-0.1, -0.05) is 46.3 Å². The topological polar surface area (TPSA) is 59.3 Å². The minimum atomic E-state index is -0.278. The Bertz CT molecular complexity index is 970. The highest BCUT2D eigenvalue weighted by Crippen LogP contribution is 2.43. The second-order valence-corrected chi connectivity index (χ2v) is 7.41. The number of anilines is 1. The smallest absolute Gasteiger partial charge is 0.319 e. The number of rotatable bonds is 3. The van der Waals surface area contributed by atoms with Gasteiger partial charge >= 0.3 is 5.69 Å². The Labute approximate surface area is 159 Å². The number of nitrogens with zero attached hydrogens (tertiary/aromatic N) is 3. The molecule has 2 aromatic carbocycles. The number of hydrogen-bond acceptors (Lipinski definition) is 4. The number of piperidine rings is 1. The molecule has 0 amide bonds. The van der Waals surface area contributed by atoms with Gasteiger partial charge in [0.15, 0.2) is 0 Å². The molecule has 0 unspecified atom stereocenters. The molecule has 0 radical (unpaired) electrons. The van der Waals surface area contributed by atoms with Crippen molar-refractivity contribution in [2.45, 2.75) is 19.3 Å². The molecular weight excluding hydrogens is 394 g/mol. The highest BCUT2D eigenvalue weighted by atomic mass is 79.9. The lowest BCUT2D eigenvalue weighted by Crippen LogP contribution is -2.31. The Morgan fingerprint density at radius 1 is 1.04 bits per heavy atom. The monoisotopic (exact) mass is 411 g/mol. The predicted molar refractivity (Wildman–Crippen MR) is 108 cm³/mol. The number of hydrogen-bond donors (Lipinski definition) is 0. The first-order valence-electron chi connectivity index (χ1n) is 8.73. The third-order valence-corrected chi connectivity index (χ3v) is 5.30. The van der Waals surface area contributed by atoms with Crippen LogP contribution in [0.25, 0.3) is 22.0 Å². The molecule has 1 aliphatic rings. The normalized spacial score (nSPS) is 14.6. The molecule has 6 heteroatoms. The molecule has 0 atom stereocenters. The molecule has 1 aromatic heterocycles. The van der Waals surface area contributed by atoms with Crippen molar-refractivity contribution < 1.29 is 4.92 Å². The first-order chi connectivity index (χ1) is 12.6. The summed E-state index contributed by atoms with van der Waals surface area (Å²) >= 11 is 3.49. The maximum Gasteiger partial charge on any atom is 0.319 e. The van der Waals surface area contributed by atoms with Crippen LogP contribution in [-0.2, 0) is 0 Å². The zero-order valence-electron chi connectivity index (χ0n) is 14.2. The summed E-state index contributed by atoms with van der Waals surface area (Å²) in [6.07, 6.45) is 3.24. The number of pyridine rings is 1. The van der Waals surface area contributed by atoms with Crippen molar-refractivity contribution in [3.8, 4) is 11.1 Å². The number of nitro groups is 1. The van der Waals surface area contributed by atoms with E-state index in [0.29, 0.717) is 11.4 Å². The first kappa shape index (κ1) is 17.0. The lowest BCUT2D eigenvalue weighted by Gasteiger charge is -2.28. The second-order valence-electron chi connectivity index (χ2n) is 6.49. The Morgan fingerprint density at radius 3 is 2.46 bits per heavy atom. The van der Waals surface area contributed by atoms with Crippen molar-refractivity contribution in [3.63, 3.8) is 0 Å². The Morgan fingerprint density at radius 2 is 1.77 bits per heavy atom. The quantitative estimate of drug-likeness (QED) is 0.417. The average molecular weight is 412 g/mol. The molecule has 2 heterocycles. The standard InChI is InChI=1S/C20H18BrN3O2/c21-15-9-10-17-16(13-15)18(14-7-3-1-4-8-14)19(24(25)26)20(22-17)23-11-5-2-6-12-23/h1,3-4,7-10,13H,2,5-6,11-12H2. The molecule has 0 spiro atoms. The lowest BCUT2D eigenvalue weighted by atomic mass is 9.98. The van der Waals surface area contributed by atoms with E-state index in [4.69, 9.17) is 4.98 Å². The van der Waals surface area contributed by atoms with Crippen molar-refractivity contribution >= 4 is 38.3 Å². The van der Waals surface area contributed by atoms with Crippen LogP contribution < -0.4 is 4.90 Å². The number of aromatic nitrogens is 1. The summed E-state index contributed by atoms with van der Waals surface area (Å²) in [5.74, 6) is 0.489. The molecular formula is C20H18BrN3O2. The van der Waals surface area contributed by atoms with Gasteiger partial charge in [-0.2, -0.15) is 0 Å². The zero-order chi connectivity index (χ0) is 18.1. The molecule has 4 rings (SSSR count). The highest BCUT2D eigenvalue weighted by molar-refractivity contribution is 9.10. The third-order valence-electron chi connectivity index (χ3n) is 4.80. The van der Waals surface area contributed by atoms with Crippen molar-refractivity contribution in [1.82, 2.24) is 4.98 Å². The van der Waals surface area contributed by atoms with Gasteiger partial charge in [-0.05, 0) is 43.0 Å². The van der Waals surface area contributed by atoms with Gasteiger partial charge in [0.1, 0.15) is 0 Å². The predicted octanol–water partition coefficient (Wildman–Crippen LogP) is 5.56. The van der Waals surface area contributed by atoms with Crippen molar-refractivity contribution in [1.29, 1.82) is 0 Å². The number of halogens is 1. The van der Waals surface area contributed by atoms with E-state index >= 15 is 0 Å². The van der Waals surface area contributed by atoms with E-state index in [-0.39, 0.29) is 10.6 Å². The molecule has 0 saturated carbocycles. The molecule has 1 fully saturated rings. The van der Waals surface area contributed by atoms with E-state index in [1.165, 1.54) is 0 Å². The van der Waals surface area contributed by atoms with Crippen LogP contribution in [0.2, 0.25) is 0 Å². The molecule has 0 N–H and O–H groups in total. The van der Waals surface area contributed by atoms with Crippen molar-refractivity contribution in [2.75, 3.05) is 18.0 Å². The summed E-state index contributed by atoms with van der Waals surface area (Å²) in [5.41, 5.74) is 2.35. The van der Waals surface area contributed by atoms with Gasteiger partial charge in [-0.3, -0.25) is 10.1 Å². The van der Waals surface area contributed by atoms with E-state index in [1.807, 2.05) is 48.5 Å². The fourth-order valence-corrected chi connectivity index (χ4v) is 3.97. The summed E-state index contributed by atoms with van der Waals surface area (Å²) in [7, 11) is 0. The van der Waals surface area contributed by atoms with Crippen LogP contribution in [0.15, 0.2) is 53.0 Å². The van der Waals surface area contributed by atoms with E-state index in [9.17, 15) is 10.1 Å². The molecule has 26 heavy (non-hydrogen) atoms. The molecule has 1 aliphatic heterocycles. The maximum absolute atomic E-state index is 12.1. The van der Waals surface area contributed by atoms with Crippen LogP contribution in [0.4, 0.5) is 11.5 Å². The van der Waals surface area contributed by atoms with E-state index in [1.54, 1.807) is 0 Å². The van der Waals surface area contributed by atoms with Crippen LogP contribution in [0.3, 0.4) is 0 Å². The second kappa shape index (κ2) is 7.03. The van der Waals surface area contributed by atoms with Gasteiger partial charge in [0.05, 0.1) is 16.0 Å². The van der Waals surface area contributed by atoms with Crippen LogP contribution in [0, 0.1) is 10.1 Å². The van der Waals surface area contributed by atoms with Gasteiger partial charge in [-0.15, -0.1) is 0 Å². The lowest BCUT2D eigenvalue weighted by molar-refractivity contribution is -0.383. The molecule has 0 aliphatic carbocycles. The Hall–Kier alpha value is -2.47. The summed E-state index contributed by atoms with van der Waals surface area (Å²) in [6.45, 7) is 1.62. The van der Waals surface area contributed by atoms with Gasteiger partial charge in [0.25, 0.3) is 0 Å². The molecule has 5 nitrogen and oxygen atoms in total. The summed E-state index contributed by atoms with van der Waals surface area (Å²) in [4.78, 5) is 18.6. The Kier molecular flexibility index (Phi) is 4.59. The van der Waals surface area contributed by atoms with Crippen LogP contribution >= 0.6 is 15.9 Å². The summed E-state index contributed by atoms with van der Waals surface area (Å²) in [5, 5.41) is 12.9. The fourth-order valence-electron chi connectivity index (χ4n) is 3.61. The Balaban J connectivity index is 2.07. The highest BCUT2D eigenvalue weighted by Gasteiger charge is 2.29. The summed E-state index contributed by atoms with van der Waals surface area (Å²) < 4.78 is 0.879. The van der Waals surface area contributed by atoms with Gasteiger partial charge < -0.3 is 4.90 Å². The minimum absolute atomic E-state index is 0.101. The van der Waals surface area contributed by atoms with Gasteiger partial charge in [-0.25, -0.2) is 4.98 Å². The maximum atomic E-state index is 12.1. The minimum Gasteiger partial charge on any atom is -0.351 e. The van der Waals surface area contributed by atoms with Crippen LogP contribution in [0.5, 0.6) is 0 Å². The van der Waals surface area contributed by atoms with Crippen LogP contribution in [0.1, 0.15) is 19.3 Å². The van der Waals surface area contributed by atoms with Gasteiger partial charge in [0, 0.05) is 22.9 Å². The fraction of sp³-hybridized carbons (Fsp3) is 0.250. The molecule has 132 valence electrons.